The molecule has 0 aliphatic carbocycles. The quantitative estimate of drug-likeness (QED) is 0.243. The van der Waals surface area contributed by atoms with Gasteiger partial charge in [-0.3, -0.25) is 28.0 Å². The van der Waals surface area contributed by atoms with E-state index in [1.807, 2.05) is 4.98 Å². The summed E-state index contributed by atoms with van der Waals surface area (Å²) in [5.41, 5.74) is -1.47. The molecule has 2 rings (SSSR count). The van der Waals surface area contributed by atoms with Crippen LogP contribution >= 0.6 is 23.0 Å². The fourth-order valence-corrected chi connectivity index (χ4v) is 6.65. The van der Waals surface area contributed by atoms with Crippen molar-refractivity contribution >= 4 is 23.0 Å². The van der Waals surface area contributed by atoms with Gasteiger partial charge in [0.15, 0.2) is 5.90 Å². The summed E-state index contributed by atoms with van der Waals surface area (Å²) in [7, 11) is -15.4. The maximum atomic E-state index is 11.7. The lowest BCUT2D eigenvalue weighted by atomic mass is 10.2. The van der Waals surface area contributed by atoms with Crippen LogP contribution in [0.3, 0.4) is 0 Å². The Morgan fingerprint density at radius 3 is 2.43 bits per heavy atom. The topological polar surface area (TPSA) is 235 Å². The Bertz CT molecular complexity index is 966. The van der Waals surface area contributed by atoms with Gasteiger partial charge in [0.1, 0.15) is 12.3 Å². The van der Waals surface area contributed by atoms with Crippen molar-refractivity contribution in [1.82, 2.24) is 9.55 Å². The van der Waals surface area contributed by atoms with Gasteiger partial charge in [-0.1, -0.05) is 0 Å². The van der Waals surface area contributed by atoms with E-state index in [9.17, 15) is 38.2 Å². The molecule has 5 unspecified atom stereocenters. The van der Waals surface area contributed by atoms with Crippen molar-refractivity contribution in [2.75, 3.05) is 12.5 Å². The van der Waals surface area contributed by atoms with Crippen LogP contribution in [0.25, 0.3) is 0 Å². The van der Waals surface area contributed by atoms with E-state index in [0.717, 1.165) is 16.8 Å². The number of phosphoric ester groups is 1. The van der Waals surface area contributed by atoms with E-state index in [4.69, 9.17) is 14.5 Å². The van der Waals surface area contributed by atoms with E-state index < -0.39 is 65.2 Å². The van der Waals surface area contributed by atoms with Crippen molar-refractivity contribution in [1.29, 1.82) is 0 Å². The van der Waals surface area contributed by atoms with Gasteiger partial charge in [0.05, 0.1) is 12.7 Å². The molecule has 1 fully saturated rings. The number of hydrogen-bond acceptors (Lipinski definition) is 9. The molecule has 1 aromatic heterocycles. The van der Waals surface area contributed by atoms with Gasteiger partial charge >= 0.3 is 28.7 Å². The Labute approximate surface area is 155 Å². The number of nitrogens with one attached hydrogen (secondary N) is 1. The van der Waals surface area contributed by atoms with E-state index in [2.05, 4.69) is 8.83 Å². The van der Waals surface area contributed by atoms with Crippen LogP contribution in [0.4, 0.5) is 0 Å². The highest BCUT2D eigenvalue weighted by Crippen LogP contribution is 2.65. The smallest absolute Gasteiger partial charge is 0.390 e. The number of aliphatic hydroxyl groups is 1. The summed E-state index contributed by atoms with van der Waals surface area (Å²) in [6, 6.07) is 1.04. The molecule has 6 N–H and O–H groups in total. The van der Waals surface area contributed by atoms with Crippen LogP contribution in [0.5, 0.6) is 0 Å². The number of aliphatic hydroxyl groups excluding tert-OH is 1. The van der Waals surface area contributed by atoms with Crippen molar-refractivity contribution in [2.45, 2.75) is 24.9 Å². The second-order valence-electron chi connectivity index (χ2n) is 5.74. The zero-order chi connectivity index (χ0) is 21.3. The lowest BCUT2D eigenvalue weighted by Gasteiger charge is -2.19. The van der Waals surface area contributed by atoms with E-state index in [1.165, 1.54) is 0 Å². The predicted octanol–water partition coefficient (Wildman–Crippen LogP) is -1.36. The highest BCUT2D eigenvalue weighted by molar-refractivity contribution is 7.73. The Hall–Kier alpha value is -0.950. The molecule has 0 amide bonds. The van der Waals surface area contributed by atoms with Crippen LogP contribution in [0.1, 0.15) is 12.6 Å². The standard InChI is InChI=1S/C10H17N2O13P3/c13-6-3-9(12-2-1-8(14)11-10(12)15)24-7(6)4-23-28(21,22)25-27(19,20)5-26(16,17)18/h1-2,6-7,9,13H,3-5H2,(H,19,20)(H,21,22)(H,11,14,15)(H2,16,17,18). The third-order valence-electron chi connectivity index (χ3n) is 3.36. The highest BCUT2D eigenvalue weighted by Gasteiger charge is 2.41. The largest absolute Gasteiger partial charge is 0.479 e. The van der Waals surface area contributed by atoms with Gasteiger partial charge in [-0.2, -0.15) is 0 Å². The number of aromatic amines is 1. The van der Waals surface area contributed by atoms with Gasteiger partial charge in [0.2, 0.25) is 0 Å². The maximum Gasteiger partial charge on any atom is 0.479 e. The zero-order valence-corrected chi connectivity index (χ0v) is 16.5. The third-order valence-corrected chi connectivity index (χ3v) is 8.59. The molecule has 0 spiro atoms. The third kappa shape index (κ3) is 6.83. The lowest BCUT2D eigenvalue weighted by molar-refractivity contribution is -0.0448. The first-order chi connectivity index (χ1) is 12.7. The number of hydrogen-bond donors (Lipinski definition) is 6. The molecular formula is C10H17N2O13P3. The van der Waals surface area contributed by atoms with Crippen LogP contribution < -0.4 is 11.2 Å². The van der Waals surface area contributed by atoms with Gasteiger partial charge < -0.3 is 29.4 Å². The summed E-state index contributed by atoms with van der Waals surface area (Å²) in [6.07, 6.45) is -2.60. The Morgan fingerprint density at radius 2 is 1.86 bits per heavy atom. The average molecular weight is 466 g/mol. The zero-order valence-electron chi connectivity index (χ0n) is 13.8. The van der Waals surface area contributed by atoms with Gasteiger partial charge in [-0.25, -0.2) is 13.7 Å². The summed E-state index contributed by atoms with van der Waals surface area (Å²) in [5, 5.41) is 9.94. The number of nitrogens with zero attached hydrogens (tertiary/aromatic N) is 1. The van der Waals surface area contributed by atoms with Gasteiger partial charge in [-0.05, 0) is 0 Å². The summed E-state index contributed by atoms with van der Waals surface area (Å²) >= 11 is 0. The second kappa shape index (κ2) is 8.42. The molecule has 1 aromatic rings. The molecule has 0 radical (unpaired) electrons. The summed E-state index contributed by atoms with van der Waals surface area (Å²) in [6.45, 7) is -0.820. The molecule has 160 valence electrons. The number of ether oxygens (including phenoxy) is 1. The van der Waals surface area contributed by atoms with Crippen molar-refractivity contribution in [3.63, 3.8) is 0 Å². The molecule has 2 heterocycles. The second-order valence-corrected chi connectivity index (χ2v) is 11.3. The van der Waals surface area contributed by atoms with Crippen molar-refractivity contribution in [3.8, 4) is 0 Å². The Morgan fingerprint density at radius 1 is 1.21 bits per heavy atom. The first-order valence-electron chi connectivity index (χ1n) is 7.37. The fraction of sp³-hybridized carbons (Fsp3) is 0.600. The van der Waals surface area contributed by atoms with Crippen LogP contribution in [0.2, 0.25) is 0 Å². The van der Waals surface area contributed by atoms with Gasteiger partial charge in [0, 0.05) is 18.7 Å². The molecule has 1 saturated heterocycles. The van der Waals surface area contributed by atoms with E-state index >= 15 is 0 Å². The molecule has 1 aliphatic rings. The van der Waals surface area contributed by atoms with E-state index in [1.54, 1.807) is 0 Å². The van der Waals surface area contributed by atoms with Gasteiger partial charge in [0.25, 0.3) is 5.56 Å². The first-order valence-corrected chi connectivity index (χ1v) is 12.4. The predicted molar refractivity (Wildman–Crippen MR) is 89.5 cm³/mol. The van der Waals surface area contributed by atoms with Gasteiger partial charge in [-0.15, -0.1) is 0 Å². The monoisotopic (exact) mass is 466 g/mol. The Balaban J connectivity index is 1.99. The highest BCUT2D eigenvalue weighted by atomic mass is 31.3. The summed E-state index contributed by atoms with van der Waals surface area (Å²) in [5.74, 6) is -1.70. The summed E-state index contributed by atoms with van der Waals surface area (Å²) in [4.78, 5) is 60.7. The molecule has 0 aromatic carbocycles. The SMILES string of the molecule is O=c1ccn(C2CC(O)C(COP(=O)(O)OP(=O)(O)CP(=O)(O)O)O2)c(=O)[nH]1. The summed E-state index contributed by atoms with van der Waals surface area (Å²) < 4.78 is 48.6. The van der Waals surface area contributed by atoms with Crippen LogP contribution in [-0.2, 0) is 27.3 Å². The molecule has 18 heteroatoms. The van der Waals surface area contributed by atoms with E-state index in [0.29, 0.717) is 0 Å². The molecule has 28 heavy (non-hydrogen) atoms. The molecular weight excluding hydrogens is 449 g/mol. The number of phosphoric acid groups is 1. The lowest BCUT2D eigenvalue weighted by Crippen LogP contribution is -2.31. The molecule has 0 bridgehead atoms. The molecule has 5 atom stereocenters. The minimum atomic E-state index is -5.25. The molecule has 15 nitrogen and oxygen atoms in total. The van der Waals surface area contributed by atoms with Crippen LogP contribution in [0, 0.1) is 0 Å². The van der Waals surface area contributed by atoms with Crippen molar-refractivity contribution in [3.05, 3.63) is 33.1 Å². The maximum absolute atomic E-state index is 11.7. The minimum absolute atomic E-state index is 0.146. The normalized spacial score (nSPS) is 27.2. The van der Waals surface area contributed by atoms with Crippen molar-refractivity contribution < 1.29 is 51.9 Å². The Kier molecular flexibility index (Phi) is 7.02. The van der Waals surface area contributed by atoms with Crippen LogP contribution in [0.15, 0.2) is 21.9 Å². The number of aromatic nitrogens is 2. The minimum Gasteiger partial charge on any atom is -0.390 e. The average Bonchev–Trinajstić information content (AvgIpc) is 2.82. The van der Waals surface area contributed by atoms with Crippen LogP contribution in [-0.4, -0.2) is 58.9 Å². The molecule has 1 aliphatic heterocycles. The number of H-pyrrole nitrogens is 1. The number of rotatable bonds is 8. The molecule has 0 saturated carbocycles. The van der Waals surface area contributed by atoms with E-state index in [-0.39, 0.29) is 6.42 Å². The first kappa shape index (κ1) is 23.3. The fourth-order valence-electron chi connectivity index (χ4n) is 2.30. The van der Waals surface area contributed by atoms with Crippen molar-refractivity contribution in [2.24, 2.45) is 0 Å².